The number of nitrogens with one attached hydrogen (secondary N) is 1. The number of carbonyl (C=O) groups is 1. The van der Waals surface area contributed by atoms with Crippen LogP contribution in [0.1, 0.15) is 38.5 Å². The van der Waals surface area contributed by atoms with Crippen molar-refractivity contribution >= 4 is 5.91 Å². The second-order valence-electron chi connectivity index (χ2n) is 6.36. The first-order chi connectivity index (χ1) is 8.74. The molecule has 3 rings (SSSR count). The molecule has 3 aliphatic heterocycles. The zero-order valence-corrected chi connectivity index (χ0v) is 11.0. The SMILES string of the molecule is O=C(CC1CC2CCC(C1)N2)N1CCC(CO)C1. The first-order valence-electron chi connectivity index (χ1n) is 7.39. The number of hydrogen-bond donors (Lipinski definition) is 2. The van der Waals surface area contributed by atoms with Crippen LogP contribution >= 0.6 is 0 Å². The molecule has 0 radical (unpaired) electrons. The number of amides is 1. The Morgan fingerprint density at radius 2 is 1.89 bits per heavy atom. The smallest absolute Gasteiger partial charge is 0.222 e. The van der Waals surface area contributed by atoms with Gasteiger partial charge in [0.15, 0.2) is 0 Å². The van der Waals surface area contributed by atoms with Crippen LogP contribution in [0.4, 0.5) is 0 Å². The van der Waals surface area contributed by atoms with Crippen LogP contribution in [0.25, 0.3) is 0 Å². The highest BCUT2D eigenvalue weighted by molar-refractivity contribution is 5.76. The molecule has 3 heterocycles. The molecule has 3 unspecified atom stereocenters. The number of rotatable bonds is 3. The molecule has 3 aliphatic rings. The largest absolute Gasteiger partial charge is 0.396 e. The molecule has 0 aromatic rings. The van der Waals surface area contributed by atoms with Gasteiger partial charge in [-0.3, -0.25) is 4.79 Å². The van der Waals surface area contributed by atoms with Crippen molar-refractivity contribution < 1.29 is 9.90 Å². The minimum atomic E-state index is 0.223. The number of hydrogen-bond acceptors (Lipinski definition) is 3. The standard InChI is InChI=1S/C14H24N2O2/c17-9-10-3-4-16(8-10)14(18)7-11-5-12-1-2-13(6-11)15-12/h10-13,15,17H,1-9H2. The molecule has 0 aliphatic carbocycles. The van der Waals surface area contributed by atoms with Gasteiger partial charge in [-0.05, 0) is 38.0 Å². The van der Waals surface area contributed by atoms with Gasteiger partial charge < -0.3 is 15.3 Å². The second kappa shape index (κ2) is 5.17. The normalized spacial score (nSPS) is 39.3. The topological polar surface area (TPSA) is 52.6 Å². The third kappa shape index (κ3) is 2.54. The Morgan fingerprint density at radius 3 is 2.50 bits per heavy atom. The molecule has 0 saturated carbocycles. The van der Waals surface area contributed by atoms with Gasteiger partial charge in [0.1, 0.15) is 0 Å². The van der Waals surface area contributed by atoms with E-state index < -0.39 is 0 Å². The first-order valence-corrected chi connectivity index (χ1v) is 7.39. The molecule has 2 N–H and O–H groups in total. The highest BCUT2D eigenvalue weighted by Crippen LogP contribution is 2.33. The van der Waals surface area contributed by atoms with Crippen LogP contribution in [0.3, 0.4) is 0 Å². The highest BCUT2D eigenvalue weighted by Gasteiger charge is 2.35. The van der Waals surface area contributed by atoms with E-state index in [-0.39, 0.29) is 6.61 Å². The van der Waals surface area contributed by atoms with E-state index >= 15 is 0 Å². The molecule has 18 heavy (non-hydrogen) atoms. The van der Waals surface area contributed by atoms with Gasteiger partial charge in [-0.15, -0.1) is 0 Å². The quantitative estimate of drug-likeness (QED) is 0.779. The van der Waals surface area contributed by atoms with Gasteiger partial charge in [-0.1, -0.05) is 0 Å². The maximum absolute atomic E-state index is 12.2. The van der Waals surface area contributed by atoms with E-state index in [4.69, 9.17) is 5.11 Å². The van der Waals surface area contributed by atoms with Crippen molar-refractivity contribution in [3.05, 3.63) is 0 Å². The van der Waals surface area contributed by atoms with Gasteiger partial charge >= 0.3 is 0 Å². The summed E-state index contributed by atoms with van der Waals surface area (Å²) in [5.74, 6) is 1.22. The van der Waals surface area contributed by atoms with Crippen molar-refractivity contribution in [3.8, 4) is 0 Å². The van der Waals surface area contributed by atoms with E-state index in [9.17, 15) is 4.79 Å². The second-order valence-corrected chi connectivity index (χ2v) is 6.36. The minimum Gasteiger partial charge on any atom is -0.396 e. The maximum Gasteiger partial charge on any atom is 0.222 e. The summed E-state index contributed by atoms with van der Waals surface area (Å²) in [5, 5.41) is 12.7. The fraction of sp³-hybridized carbons (Fsp3) is 0.929. The molecular formula is C14H24N2O2. The Balaban J connectivity index is 1.49. The van der Waals surface area contributed by atoms with Gasteiger partial charge in [-0.25, -0.2) is 0 Å². The van der Waals surface area contributed by atoms with Crippen LogP contribution < -0.4 is 5.32 Å². The number of nitrogens with zero attached hydrogens (tertiary/aromatic N) is 1. The van der Waals surface area contributed by atoms with Crippen LogP contribution in [-0.2, 0) is 4.79 Å². The predicted octanol–water partition coefficient (Wildman–Crippen LogP) is 0.748. The summed E-state index contributed by atoms with van der Waals surface area (Å²) in [6.45, 7) is 1.84. The summed E-state index contributed by atoms with van der Waals surface area (Å²) in [6.07, 6.45) is 6.66. The molecule has 4 heteroatoms. The number of carbonyl (C=O) groups excluding carboxylic acids is 1. The Morgan fingerprint density at radius 1 is 1.17 bits per heavy atom. The third-order valence-electron chi connectivity index (χ3n) is 4.93. The van der Waals surface area contributed by atoms with E-state index in [0.29, 0.717) is 29.8 Å². The van der Waals surface area contributed by atoms with Crippen LogP contribution in [-0.4, -0.2) is 47.7 Å². The molecule has 4 nitrogen and oxygen atoms in total. The molecule has 102 valence electrons. The molecular weight excluding hydrogens is 228 g/mol. The Bertz CT molecular complexity index is 309. The summed E-state index contributed by atoms with van der Waals surface area (Å²) in [4.78, 5) is 14.2. The number of aliphatic hydroxyl groups excluding tert-OH is 1. The molecule has 3 saturated heterocycles. The fourth-order valence-corrected chi connectivity index (χ4v) is 3.93. The van der Waals surface area contributed by atoms with Crippen molar-refractivity contribution in [2.75, 3.05) is 19.7 Å². The summed E-state index contributed by atoms with van der Waals surface area (Å²) < 4.78 is 0. The fourth-order valence-electron chi connectivity index (χ4n) is 3.93. The average Bonchev–Trinajstić information content (AvgIpc) is 2.96. The summed E-state index contributed by atoms with van der Waals surface area (Å²) in [7, 11) is 0. The van der Waals surface area contributed by atoms with Crippen LogP contribution in [0.2, 0.25) is 0 Å². The lowest BCUT2D eigenvalue weighted by molar-refractivity contribution is -0.131. The minimum absolute atomic E-state index is 0.223. The zero-order chi connectivity index (χ0) is 12.5. The molecule has 3 fully saturated rings. The number of piperidine rings is 1. The molecule has 1 amide bonds. The van der Waals surface area contributed by atoms with Crippen LogP contribution in [0.15, 0.2) is 0 Å². The van der Waals surface area contributed by atoms with Crippen molar-refractivity contribution in [1.29, 1.82) is 0 Å². The van der Waals surface area contributed by atoms with Crippen LogP contribution in [0.5, 0.6) is 0 Å². The molecule has 2 bridgehead atoms. The van der Waals surface area contributed by atoms with Gasteiger partial charge in [-0.2, -0.15) is 0 Å². The Hall–Kier alpha value is -0.610. The van der Waals surface area contributed by atoms with E-state index in [1.165, 1.54) is 25.7 Å². The Kier molecular flexibility index (Phi) is 3.57. The van der Waals surface area contributed by atoms with Crippen molar-refractivity contribution in [2.24, 2.45) is 11.8 Å². The number of likely N-dealkylation sites (tertiary alicyclic amines) is 1. The summed E-state index contributed by atoms with van der Waals surface area (Å²) in [6, 6.07) is 1.34. The van der Waals surface area contributed by atoms with Gasteiger partial charge in [0.2, 0.25) is 5.91 Å². The lowest BCUT2D eigenvalue weighted by Crippen LogP contribution is -2.40. The van der Waals surface area contributed by atoms with E-state index in [1.54, 1.807) is 0 Å². The molecule has 0 spiro atoms. The highest BCUT2D eigenvalue weighted by atomic mass is 16.3. The molecule has 0 aromatic heterocycles. The van der Waals surface area contributed by atoms with E-state index in [0.717, 1.165) is 25.9 Å². The average molecular weight is 252 g/mol. The zero-order valence-electron chi connectivity index (χ0n) is 11.0. The Labute approximate surface area is 109 Å². The van der Waals surface area contributed by atoms with Crippen molar-refractivity contribution in [1.82, 2.24) is 10.2 Å². The molecule has 0 aromatic carbocycles. The lowest BCUT2D eigenvalue weighted by atomic mass is 9.89. The first kappa shape index (κ1) is 12.4. The maximum atomic E-state index is 12.2. The number of fused-ring (bicyclic) bond motifs is 2. The van der Waals surface area contributed by atoms with Gasteiger partial charge in [0.05, 0.1) is 0 Å². The van der Waals surface area contributed by atoms with E-state index in [2.05, 4.69) is 5.32 Å². The van der Waals surface area contributed by atoms with Gasteiger partial charge in [0.25, 0.3) is 0 Å². The van der Waals surface area contributed by atoms with Crippen molar-refractivity contribution in [3.63, 3.8) is 0 Å². The lowest BCUT2D eigenvalue weighted by Gasteiger charge is -2.29. The third-order valence-corrected chi connectivity index (χ3v) is 4.93. The number of aliphatic hydroxyl groups is 1. The predicted molar refractivity (Wildman–Crippen MR) is 69.1 cm³/mol. The van der Waals surface area contributed by atoms with E-state index in [1.807, 2.05) is 4.90 Å². The molecule has 3 atom stereocenters. The summed E-state index contributed by atoms with van der Waals surface area (Å²) >= 11 is 0. The van der Waals surface area contributed by atoms with Crippen molar-refractivity contribution in [2.45, 2.75) is 50.6 Å². The summed E-state index contributed by atoms with van der Waals surface area (Å²) in [5.41, 5.74) is 0. The van der Waals surface area contributed by atoms with Gasteiger partial charge in [0, 0.05) is 44.1 Å². The monoisotopic (exact) mass is 252 g/mol. The van der Waals surface area contributed by atoms with Crippen LogP contribution in [0, 0.1) is 11.8 Å².